The summed E-state index contributed by atoms with van der Waals surface area (Å²) in [5.41, 5.74) is 1.48. The minimum Gasteiger partial charge on any atom is -0.480 e. The standard InChI is InChI=1S/C18H17N3O4/c22-17(23)15(11-21-10-8-14-7-4-9-19-16(14)21)20-18(24)25-12-13-5-2-1-3-6-13/h1-10,15H,11-12H2,(H,20,24)(H,22,23)/t15-/m0/s1. The molecule has 3 aromatic rings. The van der Waals surface area contributed by atoms with E-state index in [9.17, 15) is 14.7 Å². The lowest BCUT2D eigenvalue weighted by Crippen LogP contribution is -2.43. The van der Waals surface area contributed by atoms with E-state index in [1.54, 1.807) is 23.0 Å². The van der Waals surface area contributed by atoms with Crippen LogP contribution in [-0.4, -0.2) is 32.8 Å². The van der Waals surface area contributed by atoms with Crippen LogP contribution in [-0.2, 0) is 22.7 Å². The molecule has 128 valence electrons. The van der Waals surface area contributed by atoms with Crippen molar-refractivity contribution in [3.05, 3.63) is 66.5 Å². The Hall–Kier alpha value is -3.35. The van der Waals surface area contributed by atoms with Crippen LogP contribution in [0.2, 0.25) is 0 Å². The molecule has 1 aromatic carbocycles. The molecule has 2 N–H and O–H groups in total. The SMILES string of the molecule is O=C(N[C@@H](Cn1ccc2cccnc21)C(=O)O)OCc1ccccc1. The van der Waals surface area contributed by atoms with Crippen LogP contribution < -0.4 is 5.32 Å². The number of nitrogens with zero attached hydrogens (tertiary/aromatic N) is 2. The molecule has 1 amide bonds. The molecule has 7 heteroatoms. The number of hydrogen-bond donors (Lipinski definition) is 2. The first-order chi connectivity index (χ1) is 12.1. The van der Waals surface area contributed by atoms with Gasteiger partial charge in [-0.15, -0.1) is 0 Å². The second-order valence-corrected chi connectivity index (χ2v) is 5.48. The second kappa shape index (κ2) is 7.48. The van der Waals surface area contributed by atoms with Crippen molar-refractivity contribution in [1.82, 2.24) is 14.9 Å². The summed E-state index contributed by atoms with van der Waals surface area (Å²) in [5, 5.41) is 12.7. The smallest absolute Gasteiger partial charge is 0.408 e. The highest BCUT2D eigenvalue weighted by Crippen LogP contribution is 2.13. The maximum absolute atomic E-state index is 11.9. The summed E-state index contributed by atoms with van der Waals surface area (Å²) in [6, 6.07) is 13.6. The van der Waals surface area contributed by atoms with E-state index in [0.717, 1.165) is 10.9 Å². The van der Waals surface area contributed by atoms with Gasteiger partial charge >= 0.3 is 12.1 Å². The number of aromatic nitrogens is 2. The predicted molar refractivity (Wildman–Crippen MR) is 90.9 cm³/mol. The van der Waals surface area contributed by atoms with Crippen molar-refractivity contribution in [1.29, 1.82) is 0 Å². The number of hydrogen-bond acceptors (Lipinski definition) is 4. The van der Waals surface area contributed by atoms with Crippen LogP contribution in [0.1, 0.15) is 5.56 Å². The third-order valence-electron chi connectivity index (χ3n) is 3.71. The van der Waals surface area contributed by atoms with Gasteiger partial charge in [-0.1, -0.05) is 30.3 Å². The fourth-order valence-electron chi connectivity index (χ4n) is 2.46. The lowest BCUT2D eigenvalue weighted by Gasteiger charge is -2.16. The van der Waals surface area contributed by atoms with E-state index < -0.39 is 18.1 Å². The highest BCUT2D eigenvalue weighted by molar-refractivity contribution is 5.80. The number of carbonyl (C=O) groups excluding carboxylic acids is 1. The van der Waals surface area contributed by atoms with Gasteiger partial charge < -0.3 is 19.7 Å². The van der Waals surface area contributed by atoms with Crippen LogP contribution in [0.4, 0.5) is 4.79 Å². The first-order valence-corrected chi connectivity index (χ1v) is 7.73. The molecule has 0 spiro atoms. The van der Waals surface area contributed by atoms with Crippen molar-refractivity contribution in [3.8, 4) is 0 Å². The van der Waals surface area contributed by atoms with Crippen LogP contribution >= 0.6 is 0 Å². The molecule has 7 nitrogen and oxygen atoms in total. The van der Waals surface area contributed by atoms with E-state index >= 15 is 0 Å². The van der Waals surface area contributed by atoms with Crippen molar-refractivity contribution < 1.29 is 19.4 Å². The molecule has 0 unspecified atom stereocenters. The molecule has 0 saturated heterocycles. The molecule has 0 bridgehead atoms. The number of benzene rings is 1. The molecule has 0 aliphatic carbocycles. The van der Waals surface area contributed by atoms with Gasteiger partial charge in [0.05, 0.1) is 6.54 Å². The largest absolute Gasteiger partial charge is 0.480 e. The van der Waals surface area contributed by atoms with E-state index in [-0.39, 0.29) is 13.2 Å². The molecule has 25 heavy (non-hydrogen) atoms. The minimum atomic E-state index is -1.14. The fourth-order valence-corrected chi connectivity index (χ4v) is 2.46. The number of amides is 1. The molecule has 0 saturated carbocycles. The first kappa shape index (κ1) is 16.5. The van der Waals surface area contributed by atoms with Gasteiger partial charge in [-0.25, -0.2) is 14.6 Å². The Morgan fingerprint density at radius 1 is 1.16 bits per heavy atom. The summed E-state index contributed by atoms with van der Waals surface area (Å²) in [6.45, 7) is 0.128. The second-order valence-electron chi connectivity index (χ2n) is 5.48. The Kier molecular flexibility index (Phi) is 4.94. The summed E-state index contributed by atoms with van der Waals surface area (Å²) < 4.78 is 6.76. The summed E-state index contributed by atoms with van der Waals surface area (Å²) in [6.07, 6.45) is 2.60. The van der Waals surface area contributed by atoms with Crippen molar-refractivity contribution in [2.75, 3.05) is 0 Å². The quantitative estimate of drug-likeness (QED) is 0.719. The van der Waals surface area contributed by atoms with Crippen molar-refractivity contribution in [3.63, 3.8) is 0 Å². The molecule has 0 fully saturated rings. The summed E-state index contributed by atoms with van der Waals surface area (Å²) in [5.74, 6) is -1.14. The Balaban J connectivity index is 1.63. The van der Waals surface area contributed by atoms with Gasteiger partial charge in [-0.05, 0) is 23.8 Å². The number of nitrogens with one attached hydrogen (secondary N) is 1. The summed E-state index contributed by atoms with van der Waals surface area (Å²) in [4.78, 5) is 27.6. The highest BCUT2D eigenvalue weighted by atomic mass is 16.5. The number of aliphatic carboxylic acids is 1. The Bertz CT molecular complexity index is 876. The highest BCUT2D eigenvalue weighted by Gasteiger charge is 2.22. The molecular formula is C18H17N3O4. The van der Waals surface area contributed by atoms with Crippen LogP contribution in [0.3, 0.4) is 0 Å². The van der Waals surface area contributed by atoms with Crippen LogP contribution in [0.15, 0.2) is 60.9 Å². The van der Waals surface area contributed by atoms with Gasteiger partial charge in [0.2, 0.25) is 0 Å². The Morgan fingerprint density at radius 2 is 1.96 bits per heavy atom. The van der Waals surface area contributed by atoms with Crippen molar-refractivity contribution >= 4 is 23.1 Å². The topological polar surface area (TPSA) is 93.5 Å². The number of alkyl carbamates (subject to hydrolysis) is 1. The number of carboxylic acids is 1. The number of carboxylic acid groups (broad SMARTS) is 1. The normalized spacial score (nSPS) is 11.8. The molecule has 0 aliphatic heterocycles. The Morgan fingerprint density at radius 3 is 2.72 bits per heavy atom. The first-order valence-electron chi connectivity index (χ1n) is 7.73. The van der Waals surface area contributed by atoms with Crippen LogP contribution in [0.5, 0.6) is 0 Å². The lowest BCUT2D eigenvalue weighted by molar-refractivity contribution is -0.139. The van der Waals surface area contributed by atoms with Gasteiger partial charge in [0, 0.05) is 17.8 Å². The lowest BCUT2D eigenvalue weighted by atomic mass is 10.2. The maximum atomic E-state index is 11.9. The molecule has 3 rings (SSSR count). The monoisotopic (exact) mass is 339 g/mol. The third kappa shape index (κ3) is 4.14. The summed E-state index contributed by atoms with van der Waals surface area (Å²) in [7, 11) is 0. The van der Waals surface area contributed by atoms with Gasteiger partial charge in [-0.3, -0.25) is 0 Å². The van der Waals surface area contributed by atoms with E-state index in [1.165, 1.54) is 0 Å². The van der Waals surface area contributed by atoms with Gasteiger partial charge in [0.1, 0.15) is 18.3 Å². The van der Waals surface area contributed by atoms with E-state index in [1.807, 2.05) is 42.5 Å². The van der Waals surface area contributed by atoms with Crippen molar-refractivity contribution in [2.45, 2.75) is 19.2 Å². The number of carbonyl (C=O) groups is 2. The molecule has 0 radical (unpaired) electrons. The zero-order chi connectivity index (χ0) is 17.6. The number of ether oxygens (including phenoxy) is 1. The molecular weight excluding hydrogens is 322 g/mol. The van der Waals surface area contributed by atoms with Crippen molar-refractivity contribution in [2.24, 2.45) is 0 Å². The van der Waals surface area contributed by atoms with Gasteiger partial charge in [0.25, 0.3) is 0 Å². The average molecular weight is 339 g/mol. The van der Waals surface area contributed by atoms with E-state index in [4.69, 9.17) is 4.74 Å². The number of fused-ring (bicyclic) bond motifs is 1. The summed E-state index contributed by atoms with van der Waals surface area (Å²) >= 11 is 0. The maximum Gasteiger partial charge on any atom is 0.408 e. The van der Waals surface area contributed by atoms with E-state index in [0.29, 0.717) is 5.65 Å². The predicted octanol–water partition coefficient (Wildman–Crippen LogP) is 2.42. The third-order valence-corrected chi connectivity index (χ3v) is 3.71. The minimum absolute atomic E-state index is 0.0519. The van der Waals surface area contributed by atoms with Crippen LogP contribution in [0, 0.1) is 0 Å². The zero-order valence-electron chi connectivity index (χ0n) is 13.3. The van der Waals surface area contributed by atoms with Crippen LogP contribution in [0.25, 0.3) is 11.0 Å². The average Bonchev–Trinajstić information content (AvgIpc) is 3.03. The molecule has 1 atom stereocenters. The van der Waals surface area contributed by atoms with Gasteiger partial charge in [-0.2, -0.15) is 0 Å². The molecule has 2 heterocycles. The Labute approximate surface area is 143 Å². The fraction of sp³-hybridized carbons (Fsp3) is 0.167. The van der Waals surface area contributed by atoms with E-state index in [2.05, 4.69) is 10.3 Å². The number of rotatable bonds is 6. The molecule has 2 aromatic heterocycles. The zero-order valence-corrected chi connectivity index (χ0v) is 13.3. The molecule has 0 aliphatic rings. The number of pyridine rings is 1. The van der Waals surface area contributed by atoms with Gasteiger partial charge in [0.15, 0.2) is 0 Å².